The van der Waals surface area contributed by atoms with E-state index in [0.717, 1.165) is 0 Å². The van der Waals surface area contributed by atoms with Crippen LogP contribution in [0, 0.1) is 0 Å². The summed E-state index contributed by atoms with van der Waals surface area (Å²) in [5, 5.41) is 9.57. The Morgan fingerprint density at radius 2 is 1.78 bits per heavy atom. The summed E-state index contributed by atoms with van der Waals surface area (Å²) in [7, 11) is -3.31. The Labute approximate surface area is 108 Å². The van der Waals surface area contributed by atoms with Crippen LogP contribution in [0.2, 0.25) is 0 Å². The fourth-order valence-corrected chi connectivity index (χ4v) is 3.12. The van der Waals surface area contributed by atoms with E-state index in [1.54, 1.807) is 24.3 Å². The molecule has 102 valence electrons. The number of hydrogen-bond donors (Lipinski definition) is 2. The Balaban J connectivity index is 3.10. The van der Waals surface area contributed by atoms with Gasteiger partial charge in [-0.3, -0.25) is 4.31 Å². The number of benzene rings is 1. The van der Waals surface area contributed by atoms with E-state index in [1.165, 1.54) is 10.6 Å². The molecule has 0 aliphatic carbocycles. The van der Waals surface area contributed by atoms with Gasteiger partial charge in [0.2, 0.25) is 10.0 Å². The first-order valence-electron chi connectivity index (χ1n) is 5.75. The minimum Gasteiger partial charge on any atom is -0.387 e. The van der Waals surface area contributed by atoms with Crippen LogP contribution in [-0.2, 0) is 10.0 Å². The van der Waals surface area contributed by atoms with Crippen LogP contribution >= 0.6 is 0 Å². The molecule has 1 aromatic rings. The maximum atomic E-state index is 11.7. The summed E-state index contributed by atoms with van der Waals surface area (Å²) in [5.41, 5.74) is 6.63. The molecule has 1 unspecified atom stereocenters. The zero-order chi connectivity index (χ0) is 13.9. The molecule has 3 N–H and O–H groups in total. The van der Waals surface area contributed by atoms with Crippen LogP contribution in [0.25, 0.3) is 0 Å². The van der Waals surface area contributed by atoms with Gasteiger partial charge in [0.05, 0.1) is 18.0 Å². The van der Waals surface area contributed by atoms with Gasteiger partial charge in [-0.1, -0.05) is 12.1 Å². The van der Waals surface area contributed by atoms with E-state index in [2.05, 4.69) is 0 Å². The fraction of sp³-hybridized carbons (Fsp3) is 0.500. The molecule has 6 heteroatoms. The Morgan fingerprint density at radius 3 is 2.11 bits per heavy atom. The summed E-state index contributed by atoms with van der Waals surface area (Å²) in [6.45, 7) is 3.76. The molecule has 0 aliphatic rings. The lowest BCUT2D eigenvalue weighted by Crippen LogP contribution is -2.36. The number of aliphatic hydroxyl groups is 1. The lowest BCUT2D eigenvalue weighted by atomic mass is 10.1. The van der Waals surface area contributed by atoms with E-state index in [0.29, 0.717) is 11.3 Å². The molecule has 0 heterocycles. The SMILES string of the molecule is CC(C)N(c1ccc(C(O)CN)cc1)S(C)(=O)=O. The molecule has 0 aromatic heterocycles. The number of anilines is 1. The molecular weight excluding hydrogens is 252 g/mol. The second-order valence-corrected chi connectivity index (χ2v) is 6.36. The third-order valence-corrected chi connectivity index (χ3v) is 3.93. The Bertz CT molecular complexity index is 483. The summed E-state index contributed by atoms with van der Waals surface area (Å²) in [6, 6.07) is 6.57. The Morgan fingerprint density at radius 1 is 1.28 bits per heavy atom. The first-order valence-corrected chi connectivity index (χ1v) is 7.59. The van der Waals surface area contributed by atoms with E-state index in [1.807, 2.05) is 13.8 Å². The van der Waals surface area contributed by atoms with Gasteiger partial charge in [0, 0.05) is 12.6 Å². The molecule has 0 amide bonds. The number of nitrogens with two attached hydrogens (primary N) is 1. The highest BCUT2D eigenvalue weighted by Crippen LogP contribution is 2.22. The molecule has 1 rings (SSSR count). The summed E-state index contributed by atoms with van der Waals surface area (Å²) in [4.78, 5) is 0. The third-order valence-electron chi connectivity index (χ3n) is 2.58. The van der Waals surface area contributed by atoms with Crippen molar-refractivity contribution in [3.63, 3.8) is 0 Å². The molecule has 0 fully saturated rings. The topological polar surface area (TPSA) is 83.6 Å². The van der Waals surface area contributed by atoms with E-state index in [-0.39, 0.29) is 12.6 Å². The highest BCUT2D eigenvalue weighted by atomic mass is 32.2. The second-order valence-electron chi connectivity index (χ2n) is 4.50. The average molecular weight is 272 g/mol. The molecule has 0 aliphatic heterocycles. The van der Waals surface area contributed by atoms with Crippen LogP contribution < -0.4 is 10.0 Å². The van der Waals surface area contributed by atoms with Crippen LogP contribution in [0.1, 0.15) is 25.5 Å². The molecule has 1 aromatic carbocycles. The third kappa shape index (κ3) is 3.44. The lowest BCUT2D eigenvalue weighted by Gasteiger charge is -2.26. The van der Waals surface area contributed by atoms with Crippen LogP contribution in [0.4, 0.5) is 5.69 Å². The van der Waals surface area contributed by atoms with Gasteiger partial charge in [-0.05, 0) is 31.5 Å². The quantitative estimate of drug-likeness (QED) is 0.832. The maximum Gasteiger partial charge on any atom is 0.232 e. The lowest BCUT2D eigenvalue weighted by molar-refractivity contribution is 0.187. The van der Waals surface area contributed by atoms with Crippen molar-refractivity contribution in [3.05, 3.63) is 29.8 Å². The van der Waals surface area contributed by atoms with Crippen molar-refractivity contribution in [2.45, 2.75) is 26.0 Å². The zero-order valence-corrected chi connectivity index (χ0v) is 11.7. The average Bonchev–Trinajstić information content (AvgIpc) is 2.26. The van der Waals surface area contributed by atoms with Gasteiger partial charge in [-0.15, -0.1) is 0 Å². The summed E-state index contributed by atoms with van der Waals surface area (Å²) >= 11 is 0. The number of sulfonamides is 1. The largest absolute Gasteiger partial charge is 0.387 e. The van der Waals surface area contributed by atoms with Crippen molar-refractivity contribution in [2.75, 3.05) is 17.1 Å². The minimum atomic E-state index is -3.31. The van der Waals surface area contributed by atoms with Crippen molar-refractivity contribution in [1.29, 1.82) is 0 Å². The molecule has 0 bridgehead atoms. The van der Waals surface area contributed by atoms with Crippen LogP contribution in [0.15, 0.2) is 24.3 Å². The van der Waals surface area contributed by atoms with Gasteiger partial charge >= 0.3 is 0 Å². The smallest absolute Gasteiger partial charge is 0.232 e. The van der Waals surface area contributed by atoms with Crippen LogP contribution in [0.5, 0.6) is 0 Å². The summed E-state index contributed by atoms with van der Waals surface area (Å²) in [5.74, 6) is 0. The number of rotatable bonds is 5. The second kappa shape index (κ2) is 5.69. The maximum absolute atomic E-state index is 11.7. The molecule has 1 atom stereocenters. The Hall–Kier alpha value is -1.11. The minimum absolute atomic E-state index is 0.138. The van der Waals surface area contributed by atoms with E-state index < -0.39 is 16.1 Å². The van der Waals surface area contributed by atoms with Crippen LogP contribution in [-0.4, -0.2) is 32.4 Å². The van der Waals surface area contributed by atoms with E-state index in [4.69, 9.17) is 5.73 Å². The van der Waals surface area contributed by atoms with Crippen molar-refractivity contribution in [3.8, 4) is 0 Å². The molecule has 0 saturated heterocycles. The first-order chi connectivity index (χ1) is 8.27. The standard InChI is InChI=1S/C12H20N2O3S/c1-9(2)14(18(3,16)17)11-6-4-10(5-7-11)12(15)8-13/h4-7,9,12,15H,8,13H2,1-3H3. The summed E-state index contributed by atoms with van der Waals surface area (Å²) < 4.78 is 24.7. The van der Waals surface area contributed by atoms with Crippen molar-refractivity contribution in [2.24, 2.45) is 5.73 Å². The highest BCUT2D eigenvalue weighted by molar-refractivity contribution is 7.92. The predicted molar refractivity (Wildman–Crippen MR) is 72.9 cm³/mol. The summed E-state index contributed by atoms with van der Waals surface area (Å²) in [6.07, 6.45) is 0.458. The number of aliphatic hydroxyl groups excluding tert-OH is 1. The van der Waals surface area contributed by atoms with E-state index in [9.17, 15) is 13.5 Å². The van der Waals surface area contributed by atoms with Gasteiger partial charge in [-0.2, -0.15) is 0 Å². The van der Waals surface area contributed by atoms with Gasteiger partial charge < -0.3 is 10.8 Å². The Kier molecular flexibility index (Phi) is 4.72. The van der Waals surface area contributed by atoms with Gasteiger partial charge in [-0.25, -0.2) is 8.42 Å². The van der Waals surface area contributed by atoms with Gasteiger partial charge in [0.1, 0.15) is 0 Å². The normalized spacial score (nSPS) is 13.7. The monoisotopic (exact) mass is 272 g/mol. The number of hydrogen-bond acceptors (Lipinski definition) is 4. The van der Waals surface area contributed by atoms with Gasteiger partial charge in [0.15, 0.2) is 0 Å². The zero-order valence-electron chi connectivity index (χ0n) is 10.9. The predicted octanol–water partition coefficient (Wildman–Crippen LogP) is 0.853. The van der Waals surface area contributed by atoms with E-state index >= 15 is 0 Å². The molecule has 18 heavy (non-hydrogen) atoms. The van der Waals surface area contributed by atoms with Gasteiger partial charge in [0.25, 0.3) is 0 Å². The highest BCUT2D eigenvalue weighted by Gasteiger charge is 2.20. The first kappa shape index (κ1) is 14.9. The number of nitrogens with zero attached hydrogens (tertiary/aromatic N) is 1. The molecule has 0 saturated carbocycles. The molecular formula is C12H20N2O3S. The fourth-order valence-electron chi connectivity index (χ4n) is 1.85. The van der Waals surface area contributed by atoms with Crippen molar-refractivity contribution < 1.29 is 13.5 Å². The molecule has 5 nitrogen and oxygen atoms in total. The molecule has 0 radical (unpaired) electrons. The molecule has 0 spiro atoms. The van der Waals surface area contributed by atoms with Crippen molar-refractivity contribution in [1.82, 2.24) is 0 Å². The van der Waals surface area contributed by atoms with Crippen LogP contribution in [0.3, 0.4) is 0 Å². The van der Waals surface area contributed by atoms with Crippen molar-refractivity contribution >= 4 is 15.7 Å².